The van der Waals surface area contributed by atoms with Gasteiger partial charge in [-0.3, -0.25) is 4.79 Å². The van der Waals surface area contributed by atoms with E-state index in [9.17, 15) is 4.79 Å². The van der Waals surface area contributed by atoms with E-state index >= 15 is 0 Å². The number of hydrogen-bond donors (Lipinski definition) is 0. The topological polar surface area (TPSA) is 26.3 Å². The predicted octanol–water partition coefficient (Wildman–Crippen LogP) is 1.87. The molecule has 0 aliphatic heterocycles. The van der Waals surface area contributed by atoms with E-state index in [0.717, 1.165) is 0 Å². The Labute approximate surface area is 80.8 Å². The normalized spacial score (nSPS) is 20.5. The summed E-state index contributed by atoms with van der Waals surface area (Å²) in [6, 6.07) is 0. The van der Waals surface area contributed by atoms with E-state index in [1.807, 2.05) is 0 Å². The van der Waals surface area contributed by atoms with Crippen LogP contribution in [0, 0.1) is 0 Å². The highest BCUT2D eigenvalue weighted by Gasteiger charge is 2.33. The van der Waals surface area contributed by atoms with Gasteiger partial charge >= 0.3 is 0 Å². The number of rotatable bonds is 2. The first-order valence-corrected chi connectivity index (χ1v) is 4.24. The molecule has 0 spiro atoms. The summed E-state index contributed by atoms with van der Waals surface area (Å²) in [5.74, 6) is -0.0864. The van der Waals surface area contributed by atoms with E-state index in [4.69, 9.17) is 27.9 Å². The van der Waals surface area contributed by atoms with Gasteiger partial charge in [-0.1, -0.05) is 0 Å². The highest BCUT2D eigenvalue weighted by molar-refractivity contribution is 6.45. The Kier molecular flexibility index (Phi) is 2.94. The molecule has 0 aromatic carbocycles. The molecule has 0 saturated heterocycles. The van der Waals surface area contributed by atoms with Gasteiger partial charge in [-0.15, -0.1) is 23.2 Å². The van der Waals surface area contributed by atoms with Crippen molar-refractivity contribution in [1.29, 1.82) is 0 Å². The third-order valence-corrected chi connectivity index (χ3v) is 2.39. The lowest BCUT2D eigenvalue weighted by molar-refractivity contribution is -0.110. The first-order valence-electron chi connectivity index (χ1n) is 3.36. The molecule has 0 amide bonds. The molecule has 1 aliphatic rings. The maximum atomic E-state index is 10.8. The second-order valence-electron chi connectivity index (χ2n) is 2.43. The van der Waals surface area contributed by atoms with Crippen molar-refractivity contribution in [3.63, 3.8) is 0 Å². The van der Waals surface area contributed by atoms with Crippen LogP contribution >= 0.6 is 23.2 Å². The molecular weight excluding hydrogens is 199 g/mol. The van der Waals surface area contributed by atoms with E-state index in [-0.39, 0.29) is 5.78 Å². The molecule has 4 heteroatoms. The minimum Gasteiger partial charge on any atom is -0.367 e. The number of ether oxygens (including phenoxy) is 1. The van der Waals surface area contributed by atoms with Gasteiger partial charge in [0.2, 0.25) is 0 Å². The van der Waals surface area contributed by atoms with Crippen molar-refractivity contribution in [2.45, 2.75) is 10.4 Å². The van der Waals surface area contributed by atoms with E-state index in [0.29, 0.717) is 0 Å². The monoisotopic (exact) mass is 206 g/mol. The summed E-state index contributed by atoms with van der Waals surface area (Å²) in [5.41, 5.74) is -0.850. The minimum atomic E-state index is -0.850. The van der Waals surface area contributed by atoms with Gasteiger partial charge in [0.25, 0.3) is 0 Å². The van der Waals surface area contributed by atoms with Crippen molar-refractivity contribution in [3.05, 3.63) is 24.3 Å². The third-order valence-electron chi connectivity index (χ3n) is 1.71. The molecule has 66 valence electrons. The van der Waals surface area contributed by atoms with E-state index < -0.39 is 10.4 Å². The number of allylic oxidation sites excluding steroid dienone is 2. The zero-order chi connectivity index (χ0) is 9.19. The van der Waals surface area contributed by atoms with Crippen LogP contribution in [0.25, 0.3) is 0 Å². The maximum absolute atomic E-state index is 10.8. The van der Waals surface area contributed by atoms with Gasteiger partial charge in [0.1, 0.15) is 10.4 Å². The number of carbonyl (C=O) groups is 1. The van der Waals surface area contributed by atoms with Crippen LogP contribution in [-0.4, -0.2) is 23.3 Å². The first kappa shape index (κ1) is 9.78. The van der Waals surface area contributed by atoms with Crippen LogP contribution in [0.4, 0.5) is 0 Å². The summed E-state index contributed by atoms with van der Waals surface area (Å²) in [6.07, 6.45) is 5.89. The number of halogens is 2. The van der Waals surface area contributed by atoms with Crippen LogP contribution in [0.3, 0.4) is 0 Å². The van der Waals surface area contributed by atoms with Gasteiger partial charge < -0.3 is 4.74 Å². The Morgan fingerprint density at radius 3 is 2.25 bits per heavy atom. The van der Waals surface area contributed by atoms with Gasteiger partial charge in [0.05, 0.1) is 0 Å². The Morgan fingerprint density at radius 1 is 1.42 bits per heavy atom. The van der Waals surface area contributed by atoms with Crippen LogP contribution in [-0.2, 0) is 9.53 Å². The number of methoxy groups -OCH3 is 1. The van der Waals surface area contributed by atoms with Gasteiger partial charge in [-0.25, -0.2) is 0 Å². The fourth-order valence-electron chi connectivity index (χ4n) is 0.907. The van der Waals surface area contributed by atoms with Crippen LogP contribution < -0.4 is 0 Å². The SMILES string of the molecule is COC1(C(Cl)Cl)C=CC(=O)C=C1. The minimum absolute atomic E-state index is 0.0864. The standard InChI is InChI=1S/C8H8Cl2O2/c1-12-8(7(9)10)4-2-6(11)3-5-8/h2-5,7H,1H3. The van der Waals surface area contributed by atoms with E-state index in [2.05, 4.69) is 0 Å². The second kappa shape index (κ2) is 3.60. The second-order valence-corrected chi connectivity index (χ2v) is 3.52. The van der Waals surface area contributed by atoms with Gasteiger partial charge in [0.15, 0.2) is 5.78 Å². The van der Waals surface area contributed by atoms with Crippen LogP contribution in [0.2, 0.25) is 0 Å². The lowest BCUT2D eigenvalue weighted by Gasteiger charge is -2.28. The molecule has 0 unspecified atom stereocenters. The molecule has 0 radical (unpaired) electrons. The maximum Gasteiger partial charge on any atom is 0.178 e. The van der Waals surface area contributed by atoms with E-state index in [1.54, 1.807) is 12.2 Å². The van der Waals surface area contributed by atoms with Crippen molar-refractivity contribution in [1.82, 2.24) is 0 Å². The molecular formula is C8H8Cl2O2. The molecule has 0 bridgehead atoms. The Bertz CT molecular complexity index is 227. The smallest absolute Gasteiger partial charge is 0.178 e. The molecule has 0 aromatic heterocycles. The fraction of sp³-hybridized carbons (Fsp3) is 0.375. The summed E-state index contributed by atoms with van der Waals surface area (Å²) in [5, 5.41) is 0. The van der Waals surface area contributed by atoms with E-state index in [1.165, 1.54) is 19.3 Å². The van der Waals surface area contributed by atoms with Crippen molar-refractivity contribution < 1.29 is 9.53 Å². The quantitative estimate of drug-likeness (QED) is 0.646. The van der Waals surface area contributed by atoms with Gasteiger partial charge in [-0.2, -0.15) is 0 Å². The molecule has 0 aromatic rings. The van der Waals surface area contributed by atoms with Crippen LogP contribution in [0.1, 0.15) is 0 Å². The Morgan fingerprint density at radius 2 is 1.92 bits per heavy atom. The molecule has 0 heterocycles. The summed E-state index contributed by atoms with van der Waals surface area (Å²) in [4.78, 5) is 10.1. The Balaban J connectivity index is 2.91. The summed E-state index contributed by atoms with van der Waals surface area (Å²) in [6.45, 7) is 0. The molecule has 1 aliphatic carbocycles. The molecule has 2 nitrogen and oxygen atoms in total. The predicted molar refractivity (Wildman–Crippen MR) is 48.5 cm³/mol. The van der Waals surface area contributed by atoms with Crippen molar-refractivity contribution in [3.8, 4) is 0 Å². The highest BCUT2D eigenvalue weighted by atomic mass is 35.5. The number of alkyl halides is 2. The van der Waals surface area contributed by atoms with Crippen LogP contribution in [0.5, 0.6) is 0 Å². The average Bonchev–Trinajstić information content (AvgIpc) is 2.06. The lowest BCUT2D eigenvalue weighted by atomic mass is 9.99. The number of carbonyl (C=O) groups excluding carboxylic acids is 1. The molecule has 0 N–H and O–H groups in total. The van der Waals surface area contributed by atoms with Crippen molar-refractivity contribution >= 4 is 29.0 Å². The summed E-state index contributed by atoms with van der Waals surface area (Å²) in [7, 11) is 1.49. The lowest BCUT2D eigenvalue weighted by Crippen LogP contribution is -2.35. The molecule has 12 heavy (non-hydrogen) atoms. The number of ketones is 1. The zero-order valence-corrected chi connectivity index (χ0v) is 7.97. The summed E-state index contributed by atoms with van der Waals surface area (Å²) < 4.78 is 5.10. The van der Waals surface area contributed by atoms with Gasteiger partial charge in [-0.05, 0) is 24.3 Å². The van der Waals surface area contributed by atoms with Crippen molar-refractivity contribution in [2.75, 3.05) is 7.11 Å². The van der Waals surface area contributed by atoms with Crippen molar-refractivity contribution in [2.24, 2.45) is 0 Å². The highest BCUT2D eigenvalue weighted by Crippen LogP contribution is 2.29. The Hall–Kier alpha value is -0.310. The van der Waals surface area contributed by atoms with Crippen LogP contribution in [0.15, 0.2) is 24.3 Å². The molecule has 1 rings (SSSR count). The summed E-state index contributed by atoms with van der Waals surface area (Å²) >= 11 is 11.4. The molecule has 0 saturated carbocycles. The largest absolute Gasteiger partial charge is 0.367 e. The molecule has 0 atom stereocenters. The third kappa shape index (κ3) is 1.71. The fourth-order valence-corrected chi connectivity index (χ4v) is 1.38. The molecule has 0 fully saturated rings. The first-order chi connectivity index (χ1) is 5.60. The average molecular weight is 207 g/mol. The van der Waals surface area contributed by atoms with Gasteiger partial charge in [0, 0.05) is 7.11 Å². The zero-order valence-electron chi connectivity index (χ0n) is 6.46. The number of hydrogen-bond acceptors (Lipinski definition) is 2.